The lowest BCUT2D eigenvalue weighted by molar-refractivity contribution is -0.137. The molecule has 2 aromatic rings. The summed E-state index contributed by atoms with van der Waals surface area (Å²) in [6.07, 6.45) is -3.77. The van der Waals surface area contributed by atoms with Crippen LogP contribution in [0.2, 0.25) is 0 Å². The van der Waals surface area contributed by atoms with Gasteiger partial charge in [-0.15, -0.1) is 11.3 Å². The number of thiophene rings is 1. The van der Waals surface area contributed by atoms with E-state index >= 15 is 0 Å². The van der Waals surface area contributed by atoms with E-state index in [1.807, 2.05) is 17.5 Å². The Morgan fingerprint density at radius 1 is 1.17 bits per heavy atom. The SMILES string of the molecule is NC(Cc1cccs1)c1cccc(C(F)(F)F)c1. The van der Waals surface area contributed by atoms with Crippen molar-refractivity contribution in [3.05, 3.63) is 57.8 Å². The molecule has 0 aliphatic carbocycles. The van der Waals surface area contributed by atoms with E-state index < -0.39 is 17.8 Å². The van der Waals surface area contributed by atoms with Crippen molar-refractivity contribution in [1.82, 2.24) is 0 Å². The molecule has 5 heteroatoms. The van der Waals surface area contributed by atoms with E-state index in [9.17, 15) is 13.2 Å². The Labute approximate surface area is 107 Å². The van der Waals surface area contributed by atoms with E-state index in [1.165, 1.54) is 6.07 Å². The number of hydrogen-bond acceptors (Lipinski definition) is 2. The molecule has 2 N–H and O–H groups in total. The third-order valence-corrected chi connectivity index (χ3v) is 3.54. The molecule has 0 aliphatic heterocycles. The normalized spacial score (nSPS) is 13.6. The Hall–Kier alpha value is -1.33. The van der Waals surface area contributed by atoms with Crippen molar-refractivity contribution in [3.63, 3.8) is 0 Å². The van der Waals surface area contributed by atoms with Crippen LogP contribution in [-0.4, -0.2) is 0 Å². The van der Waals surface area contributed by atoms with Crippen LogP contribution < -0.4 is 5.73 Å². The van der Waals surface area contributed by atoms with Gasteiger partial charge in [0.05, 0.1) is 5.56 Å². The summed E-state index contributed by atoms with van der Waals surface area (Å²) >= 11 is 1.55. The Morgan fingerprint density at radius 3 is 2.56 bits per heavy atom. The van der Waals surface area contributed by atoms with Gasteiger partial charge in [-0.05, 0) is 29.1 Å². The third-order valence-electron chi connectivity index (χ3n) is 2.64. The lowest BCUT2D eigenvalue weighted by atomic mass is 10.0. The molecule has 0 saturated carbocycles. The number of alkyl halides is 3. The van der Waals surface area contributed by atoms with Crippen molar-refractivity contribution in [2.75, 3.05) is 0 Å². The first kappa shape index (κ1) is 13.1. The Balaban J connectivity index is 2.18. The highest BCUT2D eigenvalue weighted by Gasteiger charge is 2.30. The van der Waals surface area contributed by atoms with Gasteiger partial charge in [-0.25, -0.2) is 0 Å². The minimum absolute atomic E-state index is 0.411. The first-order valence-electron chi connectivity index (χ1n) is 5.42. The van der Waals surface area contributed by atoms with Crippen LogP contribution in [0.5, 0.6) is 0 Å². The molecule has 0 amide bonds. The minimum Gasteiger partial charge on any atom is -0.324 e. The summed E-state index contributed by atoms with van der Waals surface area (Å²) in [5, 5.41) is 1.92. The maximum atomic E-state index is 12.6. The monoisotopic (exact) mass is 271 g/mol. The molecule has 18 heavy (non-hydrogen) atoms. The quantitative estimate of drug-likeness (QED) is 0.896. The van der Waals surface area contributed by atoms with Gasteiger partial charge in [-0.2, -0.15) is 13.2 Å². The summed E-state index contributed by atoms with van der Waals surface area (Å²) in [6, 6.07) is 8.63. The molecule has 0 fully saturated rings. The molecule has 1 heterocycles. The van der Waals surface area contributed by atoms with Crippen LogP contribution in [0.3, 0.4) is 0 Å². The third kappa shape index (κ3) is 3.11. The number of hydrogen-bond donors (Lipinski definition) is 1. The summed E-state index contributed by atoms with van der Waals surface area (Å²) in [4.78, 5) is 1.07. The molecular weight excluding hydrogens is 259 g/mol. The molecule has 96 valence electrons. The average molecular weight is 271 g/mol. The van der Waals surface area contributed by atoms with Crippen molar-refractivity contribution in [3.8, 4) is 0 Å². The molecule has 1 atom stereocenters. The summed E-state index contributed by atoms with van der Waals surface area (Å²) in [6.45, 7) is 0. The minimum atomic E-state index is -4.32. The zero-order chi connectivity index (χ0) is 13.2. The average Bonchev–Trinajstić information content (AvgIpc) is 2.81. The van der Waals surface area contributed by atoms with Crippen LogP contribution in [0.15, 0.2) is 41.8 Å². The van der Waals surface area contributed by atoms with Gasteiger partial charge in [0.1, 0.15) is 0 Å². The van der Waals surface area contributed by atoms with Crippen molar-refractivity contribution < 1.29 is 13.2 Å². The zero-order valence-electron chi connectivity index (χ0n) is 9.45. The largest absolute Gasteiger partial charge is 0.416 e. The summed E-state index contributed by atoms with van der Waals surface area (Å²) in [5.41, 5.74) is 5.80. The summed E-state index contributed by atoms with van der Waals surface area (Å²) < 4.78 is 37.7. The van der Waals surface area contributed by atoms with Crippen LogP contribution in [-0.2, 0) is 12.6 Å². The number of nitrogens with two attached hydrogens (primary N) is 1. The maximum absolute atomic E-state index is 12.6. The van der Waals surface area contributed by atoms with Gasteiger partial charge in [-0.3, -0.25) is 0 Å². The first-order chi connectivity index (χ1) is 8.47. The Bertz CT molecular complexity index is 505. The van der Waals surface area contributed by atoms with Crippen molar-refractivity contribution in [2.45, 2.75) is 18.6 Å². The van der Waals surface area contributed by atoms with Gasteiger partial charge in [0.2, 0.25) is 0 Å². The van der Waals surface area contributed by atoms with Crippen LogP contribution in [0, 0.1) is 0 Å². The second-order valence-corrected chi connectivity index (χ2v) is 5.05. The smallest absolute Gasteiger partial charge is 0.324 e. The van der Waals surface area contributed by atoms with Gasteiger partial charge >= 0.3 is 6.18 Å². The molecule has 1 nitrogen and oxygen atoms in total. The van der Waals surface area contributed by atoms with Gasteiger partial charge in [0, 0.05) is 17.3 Å². The number of benzene rings is 1. The molecule has 0 spiro atoms. The van der Waals surface area contributed by atoms with E-state index in [1.54, 1.807) is 17.4 Å². The molecular formula is C13H12F3NS. The molecule has 1 unspecified atom stereocenters. The lowest BCUT2D eigenvalue weighted by Gasteiger charge is -2.13. The standard InChI is InChI=1S/C13H12F3NS/c14-13(15,16)10-4-1-3-9(7-10)12(17)8-11-5-2-6-18-11/h1-7,12H,8,17H2. The van der Waals surface area contributed by atoms with E-state index in [0.717, 1.165) is 17.0 Å². The fourth-order valence-corrected chi connectivity index (χ4v) is 2.47. The zero-order valence-corrected chi connectivity index (χ0v) is 10.3. The molecule has 1 aromatic heterocycles. The highest BCUT2D eigenvalue weighted by molar-refractivity contribution is 7.09. The van der Waals surface area contributed by atoms with E-state index in [4.69, 9.17) is 5.73 Å². The fourth-order valence-electron chi connectivity index (χ4n) is 1.71. The van der Waals surface area contributed by atoms with Gasteiger partial charge < -0.3 is 5.73 Å². The van der Waals surface area contributed by atoms with Gasteiger partial charge in [0.15, 0.2) is 0 Å². The van der Waals surface area contributed by atoms with Gasteiger partial charge in [0.25, 0.3) is 0 Å². The predicted molar refractivity (Wildman–Crippen MR) is 66.4 cm³/mol. The highest BCUT2D eigenvalue weighted by Crippen LogP contribution is 2.31. The van der Waals surface area contributed by atoms with E-state index in [2.05, 4.69) is 0 Å². The highest BCUT2D eigenvalue weighted by atomic mass is 32.1. The van der Waals surface area contributed by atoms with Crippen LogP contribution in [0.25, 0.3) is 0 Å². The molecule has 0 bridgehead atoms. The van der Waals surface area contributed by atoms with Crippen molar-refractivity contribution >= 4 is 11.3 Å². The summed E-state index contributed by atoms with van der Waals surface area (Å²) in [5.74, 6) is 0. The summed E-state index contributed by atoms with van der Waals surface area (Å²) in [7, 11) is 0. The van der Waals surface area contributed by atoms with E-state index in [0.29, 0.717) is 12.0 Å². The first-order valence-corrected chi connectivity index (χ1v) is 6.30. The predicted octanol–water partition coefficient (Wildman–Crippen LogP) is 4.01. The molecule has 0 saturated heterocycles. The molecule has 1 aromatic carbocycles. The number of halogens is 3. The second kappa shape index (κ2) is 5.12. The van der Waals surface area contributed by atoms with Crippen molar-refractivity contribution in [1.29, 1.82) is 0 Å². The second-order valence-electron chi connectivity index (χ2n) is 4.01. The molecule has 2 rings (SSSR count). The van der Waals surface area contributed by atoms with Crippen LogP contribution in [0.4, 0.5) is 13.2 Å². The number of rotatable bonds is 3. The fraction of sp³-hybridized carbons (Fsp3) is 0.231. The molecule has 0 radical (unpaired) electrons. The van der Waals surface area contributed by atoms with Crippen LogP contribution >= 0.6 is 11.3 Å². The van der Waals surface area contributed by atoms with Gasteiger partial charge in [-0.1, -0.05) is 18.2 Å². The molecule has 0 aliphatic rings. The lowest BCUT2D eigenvalue weighted by Crippen LogP contribution is -2.14. The topological polar surface area (TPSA) is 26.0 Å². The Morgan fingerprint density at radius 2 is 1.94 bits per heavy atom. The maximum Gasteiger partial charge on any atom is 0.416 e. The van der Waals surface area contributed by atoms with Crippen molar-refractivity contribution in [2.24, 2.45) is 5.73 Å². The van der Waals surface area contributed by atoms with Crippen LogP contribution in [0.1, 0.15) is 22.0 Å². The van der Waals surface area contributed by atoms with E-state index in [-0.39, 0.29) is 0 Å². The Kier molecular flexibility index (Phi) is 3.73.